The van der Waals surface area contributed by atoms with Crippen LogP contribution in [0.25, 0.3) is 11.1 Å². The van der Waals surface area contributed by atoms with Crippen LogP contribution in [0.2, 0.25) is 0 Å². The van der Waals surface area contributed by atoms with Gasteiger partial charge in [0.1, 0.15) is 0 Å². The summed E-state index contributed by atoms with van der Waals surface area (Å²) in [6, 6.07) is 26.9. The molecule has 0 atom stereocenters. The van der Waals surface area contributed by atoms with Gasteiger partial charge in [-0.25, -0.2) is 0 Å². The molecule has 3 aromatic carbocycles. The number of nitrogens with zero attached hydrogens (tertiary/aromatic N) is 1. The summed E-state index contributed by atoms with van der Waals surface area (Å²) < 4.78 is 5.10. The molecule has 182 valence electrons. The number of carbonyl (C=O) groups excluding carboxylic acids is 2. The predicted molar refractivity (Wildman–Crippen MR) is 141 cm³/mol. The number of rotatable bonds is 8. The summed E-state index contributed by atoms with van der Waals surface area (Å²) >= 11 is 0. The van der Waals surface area contributed by atoms with Gasteiger partial charge in [-0.15, -0.1) is 0 Å². The third kappa shape index (κ3) is 5.73. The molecule has 0 bridgehead atoms. The summed E-state index contributed by atoms with van der Waals surface area (Å²) in [6.45, 7) is 3.80. The normalized spacial score (nSPS) is 13.4. The number of carbonyl (C=O) groups is 2. The molecule has 0 spiro atoms. The molecule has 1 aromatic heterocycles. The van der Waals surface area contributed by atoms with Gasteiger partial charge in [-0.1, -0.05) is 48.5 Å². The molecule has 2 N–H and O–H groups in total. The molecule has 1 saturated heterocycles. The molecule has 2 amide bonds. The fourth-order valence-corrected chi connectivity index (χ4v) is 4.53. The van der Waals surface area contributed by atoms with E-state index in [1.165, 1.54) is 37.8 Å². The SMILES string of the molecule is O=C(NCc1ccccc1-c1ccc(CN2CCCC2)cc1)c1ccc(NC(=O)c2ccco2)cc1. The Bertz CT molecular complexity index is 1310. The molecular formula is C30H29N3O3. The van der Waals surface area contributed by atoms with Crippen LogP contribution in [-0.2, 0) is 13.1 Å². The van der Waals surface area contributed by atoms with E-state index >= 15 is 0 Å². The van der Waals surface area contributed by atoms with Crippen LogP contribution in [0.15, 0.2) is 95.6 Å². The molecule has 6 heteroatoms. The van der Waals surface area contributed by atoms with Crippen LogP contribution in [0.4, 0.5) is 5.69 Å². The lowest BCUT2D eigenvalue weighted by atomic mass is 9.98. The smallest absolute Gasteiger partial charge is 0.291 e. The number of benzene rings is 3. The summed E-state index contributed by atoms with van der Waals surface area (Å²) in [4.78, 5) is 27.4. The Morgan fingerprint density at radius 3 is 2.28 bits per heavy atom. The van der Waals surface area contributed by atoms with E-state index in [4.69, 9.17) is 4.42 Å². The average Bonchev–Trinajstić information content (AvgIpc) is 3.63. The van der Waals surface area contributed by atoms with E-state index in [1.54, 1.807) is 36.4 Å². The predicted octanol–water partition coefficient (Wildman–Crippen LogP) is 5.72. The van der Waals surface area contributed by atoms with Crippen molar-refractivity contribution >= 4 is 17.5 Å². The second kappa shape index (κ2) is 11.1. The monoisotopic (exact) mass is 479 g/mol. The zero-order valence-corrected chi connectivity index (χ0v) is 20.1. The van der Waals surface area contributed by atoms with Crippen molar-refractivity contribution in [3.8, 4) is 11.1 Å². The lowest BCUT2D eigenvalue weighted by molar-refractivity contribution is 0.0950. The van der Waals surface area contributed by atoms with Gasteiger partial charge in [0, 0.05) is 24.3 Å². The Kier molecular flexibility index (Phi) is 7.24. The number of anilines is 1. The Hall–Kier alpha value is -4.16. The molecule has 1 aliphatic rings. The fraction of sp³-hybridized carbons (Fsp3) is 0.200. The largest absolute Gasteiger partial charge is 0.459 e. The minimum atomic E-state index is -0.335. The van der Waals surface area contributed by atoms with Crippen LogP contribution in [0.1, 0.15) is 44.9 Å². The molecule has 1 fully saturated rings. The van der Waals surface area contributed by atoms with Gasteiger partial charge < -0.3 is 15.1 Å². The molecule has 0 aliphatic carbocycles. The highest BCUT2D eigenvalue weighted by molar-refractivity contribution is 6.02. The highest BCUT2D eigenvalue weighted by Gasteiger charge is 2.13. The quantitative estimate of drug-likeness (QED) is 0.339. The van der Waals surface area contributed by atoms with Gasteiger partial charge in [-0.05, 0) is 84.6 Å². The summed E-state index contributed by atoms with van der Waals surface area (Å²) in [5.41, 5.74) is 5.75. The first-order valence-corrected chi connectivity index (χ1v) is 12.3. The minimum Gasteiger partial charge on any atom is -0.459 e. The van der Waals surface area contributed by atoms with Crippen LogP contribution < -0.4 is 10.6 Å². The van der Waals surface area contributed by atoms with Crippen LogP contribution in [0.5, 0.6) is 0 Å². The Morgan fingerprint density at radius 2 is 1.56 bits per heavy atom. The standard InChI is InChI=1S/C30H29N3O3/c34-29(24-13-15-26(16-14-24)32-30(35)28-8-5-19-36-28)31-20-25-6-1-2-7-27(25)23-11-9-22(10-12-23)21-33-17-3-4-18-33/h1-2,5-16,19H,3-4,17-18,20-21H2,(H,31,34)(H,32,35). The first-order valence-electron chi connectivity index (χ1n) is 12.3. The van der Waals surface area contributed by atoms with E-state index in [0.717, 1.165) is 23.2 Å². The number of nitrogens with one attached hydrogen (secondary N) is 2. The topological polar surface area (TPSA) is 74.6 Å². The molecule has 5 rings (SSSR count). The van der Waals surface area contributed by atoms with E-state index in [2.05, 4.69) is 45.9 Å². The van der Waals surface area contributed by atoms with Gasteiger partial charge in [0.2, 0.25) is 0 Å². The Morgan fingerprint density at radius 1 is 0.806 bits per heavy atom. The zero-order chi connectivity index (χ0) is 24.7. The van der Waals surface area contributed by atoms with Gasteiger partial charge in [-0.3, -0.25) is 14.5 Å². The molecule has 0 unspecified atom stereocenters. The average molecular weight is 480 g/mol. The Labute approximate surface area is 210 Å². The number of furan rings is 1. The summed E-state index contributed by atoms with van der Waals surface area (Å²) in [7, 11) is 0. The van der Waals surface area contributed by atoms with Crippen LogP contribution in [0.3, 0.4) is 0 Å². The Balaban J connectivity index is 1.20. The molecule has 6 nitrogen and oxygen atoms in total. The maximum atomic E-state index is 12.8. The van der Waals surface area contributed by atoms with Crippen molar-refractivity contribution in [2.24, 2.45) is 0 Å². The molecule has 0 radical (unpaired) electrons. The van der Waals surface area contributed by atoms with Crippen molar-refractivity contribution in [2.75, 3.05) is 18.4 Å². The van der Waals surface area contributed by atoms with E-state index < -0.39 is 0 Å². The second-order valence-corrected chi connectivity index (χ2v) is 9.03. The summed E-state index contributed by atoms with van der Waals surface area (Å²) in [5.74, 6) is -0.274. The highest BCUT2D eigenvalue weighted by atomic mass is 16.3. The van der Waals surface area contributed by atoms with E-state index in [1.807, 2.05) is 18.2 Å². The van der Waals surface area contributed by atoms with Gasteiger partial charge in [0.15, 0.2) is 5.76 Å². The van der Waals surface area contributed by atoms with E-state index in [9.17, 15) is 9.59 Å². The number of hydrogen-bond acceptors (Lipinski definition) is 4. The second-order valence-electron chi connectivity index (χ2n) is 9.03. The van der Waals surface area contributed by atoms with Crippen molar-refractivity contribution in [2.45, 2.75) is 25.9 Å². The lowest BCUT2D eigenvalue weighted by Crippen LogP contribution is -2.23. The molecular weight excluding hydrogens is 450 g/mol. The van der Waals surface area contributed by atoms with Gasteiger partial charge >= 0.3 is 0 Å². The van der Waals surface area contributed by atoms with Crippen LogP contribution in [-0.4, -0.2) is 29.8 Å². The van der Waals surface area contributed by atoms with Gasteiger partial charge in [-0.2, -0.15) is 0 Å². The van der Waals surface area contributed by atoms with Crippen molar-refractivity contribution < 1.29 is 14.0 Å². The van der Waals surface area contributed by atoms with Crippen molar-refractivity contribution in [3.63, 3.8) is 0 Å². The third-order valence-corrected chi connectivity index (χ3v) is 6.48. The zero-order valence-electron chi connectivity index (χ0n) is 20.1. The van der Waals surface area contributed by atoms with Gasteiger partial charge in [0.05, 0.1) is 6.26 Å². The number of amides is 2. The van der Waals surface area contributed by atoms with Gasteiger partial charge in [0.25, 0.3) is 11.8 Å². The first kappa shape index (κ1) is 23.6. The van der Waals surface area contributed by atoms with Crippen molar-refractivity contribution in [3.05, 3.63) is 114 Å². The molecule has 0 saturated carbocycles. The maximum Gasteiger partial charge on any atom is 0.291 e. The lowest BCUT2D eigenvalue weighted by Gasteiger charge is -2.15. The molecule has 36 heavy (non-hydrogen) atoms. The third-order valence-electron chi connectivity index (χ3n) is 6.48. The van der Waals surface area contributed by atoms with Crippen molar-refractivity contribution in [1.29, 1.82) is 0 Å². The molecule has 1 aliphatic heterocycles. The minimum absolute atomic E-state index is 0.172. The fourth-order valence-electron chi connectivity index (χ4n) is 4.53. The summed E-state index contributed by atoms with van der Waals surface area (Å²) in [5, 5.41) is 5.77. The first-order chi connectivity index (χ1) is 17.7. The van der Waals surface area contributed by atoms with Crippen LogP contribution in [0, 0.1) is 0 Å². The maximum absolute atomic E-state index is 12.8. The van der Waals surface area contributed by atoms with E-state index in [-0.39, 0.29) is 17.6 Å². The molecule has 2 heterocycles. The number of likely N-dealkylation sites (tertiary alicyclic amines) is 1. The number of hydrogen-bond donors (Lipinski definition) is 2. The highest BCUT2D eigenvalue weighted by Crippen LogP contribution is 2.25. The van der Waals surface area contributed by atoms with Crippen molar-refractivity contribution in [1.82, 2.24) is 10.2 Å². The molecule has 4 aromatic rings. The van der Waals surface area contributed by atoms with Crippen LogP contribution >= 0.6 is 0 Å². The summed E-state index contributed by atoms with van der Waals surface area (Å²) in [6.07, 6.45) is 4.04. The van der Waals surface area contributed by atoms with E-state index in [0.29, 0.717) is 17.8 Å².